The first-order chi connectivity index (χ1) is 13.3. The van der Waals surface area contributed by atoms with E-state index in [0.717, 1.165) is 9.13 Å². The van der Waals surface area contributed by atoms with E-state index < -0.39 is 37.8 Å². The van der Waals surface area contributed by atoms with Crippen LogP contribution >= 0.6 is 22.6 Å². The Morgan fingerprint density at radius 3 is 2.38 bits per heavy atom. The average Bonchev–Trinajstić information content (AvgIpc) is 2.90. The molecule has 1 aromatic rings. The molecule has 160 valence electrons. The Balaban J connectivity index is 2.27. The molecule has 3 amide bonds. The van der Waals surface area contributed by atoms with E-state index in [4.69, 9.17) is 10.5 Å². The normalized spacial score (nSPS) is 19.5. The number of primary amides is 1. The number of alkyl carbamates (subject to hydrolysis) is 1. The summed E-state index contributed by atoms with van der Waals surface area (Å²) in [4.78, 5) is 39.3. The number of hydrogen-bond donors (Lipinski definition) is 2. The van der Waals surface area contributed by atoms with Crippen molar-refractivity contribution in [3.63, 3.8) is 0 Å². The van der Waals surface area contributed by atoms with Crippen molar-refractivity contribution in [3.8, 4) is 0 Å². The second-order valence-electron chi connectivity index (χ2n) is 9.28. The van der Waals surface area contributed by atoms with Gasteiger partial charge in [-0.05, 0) is 67.1 Å². The van der Waals surface area contributed by atoms with Crippen LogP contribution in [0.3, 0.4) is 0 Å². The highest BCUT2D eigenvalue weighted by Crippen LogP contribution is 2.27. The van der Waals surface area contributed by atoms with Gasteiger partial charge < -0.3 is 20.7 Å². The Hall–Kier alpha value is -1.62. The van der Waals surface area contributed by atoms with E-state index in [0.29, 0.717) is 18.6 Å². The predicted octanol–water partition coefficient (Wildman–Crippen LogP) is 2.67. The zero-order valence-corrected chi connectivity index (χ0v) is 20.8. The van der Waals surface area contributed by atoms with Gasteiger partial charge in [0.05, 0.1) is 8.07 Å². The van der Waals surface area contributed by atoms with Gasteiger partial charge in [-0.25, -0.2) is 4.79 Å². The molecule has 1 aliphatic heterocycles. The van der Waals surface area contributed by atoms with E-state index in [2.05, 4.69) is 41.0 Å². The van der Waals surface area contributed by atoms with Crippen molar-refractivity contribution in [2.75, 3.05) is 6.17 Å². The fourth-order valence-corrected chi connectivity index (χ4v) is 6.72. The van der Waals surface area contributed by atoms with Crippen molar-refractivity contribution in [1.29, 1.82) is 0 Å². The molecule has 29 heavy (non-hydrogen) atoms. The molecule has 7 nitrogen and oxygen atoms in total. The molecule has 0 saturated carbocycles. The number of ether oxygens (including phenoxy) is 1. The first-order valence-corrected chi connectivity index (χ1v) is 14.1. The van der Waals surface area contributed by atoms with Crippen LogP contribution in [0.15, 0.2) is 24.3 Å². The Bertz CT molecular complexity index is 777. The molecule has 1 saturated heterocycles. The van der Waals surface area contributed by atoms with Crippen LogP contribution in [0, 0.1) is 3.57 Å². The highest BCUT2D eigenvalue weighted by atomic mass is 127. The monoisotopic (exact) mass is 531 g/mol. The molecule has 2 atom stereocenters. The number of benzene rings is 1. The third-order valence-corrected chi connectivity index (χ3v) is 8.08. The van der Waals surface area contributed by atoms with E-state index in [1.807, 2.05) is 24.3 Å². The molecule has 0 aromatic heterocycles. The zero-order chi connectivity index (χ0) is 22.0. The van der Waals surface area contributed by atoms with Gasteiger partial charge in [0.1, 0.15) is 17.7 Å². The van der Waals surface area contributed by atoms with Crippen LogP contribution in [-0.2, 0) is 20.7 Å². The molecule has 9 heteroatoms. The summed E-state index contributed by atoms with van der Waals surface area (Å²) in [6.45, 7) is 9.55. The largest absolute Gasteiger partial charge is 0.444 e. The molecular formula is C20H30IN3O4Si. The molecule has 1 aromatic carbocycles. The maximum atomic E-state index is 13.4. The number of carbonyl (C=O) groups is 3. The molecular weight excluding hydrogens is 501 g/mol. The van der Waals surface area contributed by atoms with E-state index in [1.165, 1.54) is 0 Å². The van der Waals surface area contributed by atoms with Gasteiger partial charge in [0.2, 0.25) is 11.8 Å². The molecule has 0 aliphatic carbocycles. The lowest BCUT2D eigenvalue weighted by molar-refractivity contribution is -0.138. The summed E-state index contributed by atoms with van der Waals surface area (Å²) >= 11 is 2.21. The molecule has 0 unspecified atom stereocenters. The van der Waals surface area contributed by atoms with Crippen LogP contribution in [0.1, 0.15) is 26.3 Å². The summed E-state index contributed by atoms with van der Waals surface area (Å²) in [5, 5.41) is 2.71. The van der Waals surface area contributed by atoms with Crippen molar-refractivity contribution in [2.45, 2.75) is 64.0 Å². The van der Waals surface area contributed by atoms with Crippen LogP contribution in [0.2, 0.25) is 19.1 Å². The summed E-state index contributed by atoms with van der Waals surface area (Å²) in [6.07, 6.45) is 0.185. The quantitative estimate of drug-likeness (QED) is 0.451. The summed E-state index contributed by atoms with van der Waals surface area (Å²) in [6, 6.07) is 6.92. The van der Waals surface area contributed by atoms with Gasteiger partial charge in [-0.1, -0.05) is 25.2 Å². The molecule has 0 radical (unpaired) electrons. The predicted molar refractivity (Wildman–Crippen MR) is 123 cm³/mol. The number of carbonyl (C=O) groups excluding carboxylic acids is 3. The first kappa shape index (κ1) is 23.7. The van der Waals surface area contributed by atoms with Crippen LogP contribution in [-0.4, -0.2) is 54.7 Å². The molecule has 1 fully saturated rings. The minimum Gasteiger partial charge on any atom is -0.444 e. The van der Waals surface area contributed by atoms with Crippen molar-refractivity contribution in [1.82, 2.24) is 10.2 Å². The van der Waals surface area contributed by atoms with Gasteiger partial charge in [-0.2, -0.15) is 0 Å². The molecule has 0 spiro atoms. The lowest BCUT2D eigenvalue weighted by Crippen LogP contribution is -2.54. The maximum Gasteiger partial charge on any atom is 0.408 e. The van der Waals surface area contributed by atoms with Gasteiger partial charge in [0, 0.05) is 16.2 Å². The minimum atomic E-state index is -1.76. The number of nitrogens with one attached hydrogen (secondary N) is 1. The van der Waals surface area contributed by atoms with E-state index in [-0.39, 0.29) is 5.91 Å². The van der Waals surface area contributed by atoms with Gasteiger partial charge in [0.15, 0.2) is 0 Å². The Kier molecular flexibility index (Phi) is 7.36. The van der Waals surface area contributed by atoms with E-state index in [1.54, 1.807) is 25.7 Å². The van der Waals surface area contributed by atoms with Gasteiger partial charge >= 0.3 is 6.09 Å². The topological polar surface area (TPSA) is 102 Å². The van der Waals surface area contributed by atoms with Crippen molar-refractivity contribution < 1.29 is 19.1 Å². The summed E-state index contributed by atoms with van der Waals surface area (Å²) < 4.78 is 6.43. The average molecular weight is 531 g/mol. The Morgan fingerprint density at radius 2 is 1.86 bits per heavy atom. The van der Waals surface area contributed by atoms with Crippen molar-refractivity contribution >= 4 is 48.6 Å². The molecule has 0 bridgehead atoms. The van der Waals surface area contributed by atoms with Crippen LogP contribution < -0.4 is 11.1 Å². The summed E-state index contributed by atoms with van der Waals surface area (Å²) in [5.74, 6) is -0.794. The Morgan fingerprint density at radius 1 is 1.28 bits per heavy atom. The zero-order valence-electron chi connectivity index (χ0n) is 17.6. The lowest BCUT2D eigenvalue weighted by atomic mass is 10.0. The minimum absolute atomic E-state index is 0.295. The molecule has 3 N–H and O–H groups in total. The number of nitrogens with zero attached hydrogens (tertiary/aromatic N) is 1. The van der Waals surface area contributed by atoms with Crippen molar-refractivity contribution in [2.24, 2.45) is 5.73 Å². The van der Waals surface area contributed by atoms with Gasteiger partial charge in [-0.3, -0.25) is 9.59 Å². The van der Waals surface area contributed by atoms with Crippen molar-refractivity contribution in [3.05, 3.63) is 33.4 Å². The number of rotatable bonds is 5. The van der Waals surface area contributed by atoms with E-state index in [9.17, 15) is 14.4 Å². The third-order valence-electron chi connectivity index (χ3n) is 4.67. The van der Waals surface area contributed by atoms with E-state index >= 15 is 0 Å². The fourth-order valence-electron chi connectivity index (χ4n) is 3.46. The second-order valence-corrected chi connectivity index (χ2v) is 15.6. The number of halogens is 1. The van der Waals surface area contributed by atoms with Crippen LogP contribution in [0.25, 0.3) is 0 Å². The standard InChI is InChI=1S/C20H30IN3O4Si/c1-20(2,3)28-19(27)23-15(10-13-6-8-14(21)9-7-13)18(26)24-12-29(4,5)11-16(24)17(22)25/h6-9,15-16H,10-12H2,1-5H3,(H2,22,25)(H,23,27)/t15-,16-/m0/s1. The highest BCUT2D eigenvalue weighted by molar-refractivity contribution is 14.1. The number of amides is 3. The first-order valence-electron chi connectivity index (χ1n) is 9.61. The molecule has 2 rings (SSSR count). The SMILES string of the molecule is CC(C)(C)OC(=O)N[C@@H](Cc1ccc(I)cc1)C(=O)N1C[Si](C)(C)C[C@H]1C(N)=O. The third kappa shape index (κ3) is 6.98. The number of hydrogen-bond acceptors (Lipinski definition) is 4. The second kappa shape index (κ2) is 9.03. The lowest BCUT2D eigenvalue weighted by Gasteiger charge is -2.29. The van der Waals surface area contributed by atoms with Gasteiger partial charge in [-0.15, -0.1) is 0 Å². The Labute approximate surface area is 186 Å². The van der Waals surface area contributed by atoms with Crippen LogP contribution in [0.4, 0.5) is 4.79 Å². The van der Waals surface area contributed by atoms with Gasteiger partial charge in [0.25, 0.3) is 0 Å². The molecule has 1 heterocycles. The summed E-state index contributed by atoms with van der Waals surface area (Å²) in [5.41, 5.74) is 5.80. The smallest absolute Gasteiger partial charge is 0.408 e. The molecule has 1 aliphatic rings. The highest BCUT2D eigenvalue weighted by Gasteiger charge is 2.45. The maximum absolute atomic E-state index is 13.4. The number of nitrogens with two attached hydrogens (primary N) is 1. The fraction of sp³-hybridized carbons (Fsp3) is 0.550. The van der Waals surface area contributed by atoms with Crippen LogP contribution in [0.5, 0.6) is 0 Å². The summed E-state index contributed by atoms with van der Waals surface area (Å²) in [7, 11) is -1.76.